The molecular weight excluding hydrogens is 646 g/mol. The molecule has 0 radical (unpaired) electrons. The predicted molar refractivity (Wildman–Crippen MR) is 187 cm³/mol. The fraction of sp³-hybridized carbons (Fsp3) is 0.216. The van der Waals surface area contributed by atoms with Crippen molar-refractivity contribution >= 4 is 47.9 Å². The van der Waals surface area contributed by atoms with Crippen molar-refractivity contribution in [1.82, 2.24) is 20.4 Å². The summed E-state index contributed by atoms with van der Waals surface area (Å²) < 4.78 is 45.4. The van der Waals surface area contributed by atoms with Crippen LogP contribution in [0.3, 0.4) is 0 Å². The molecule has 3 heterocycles. The molecule has 1 aromatic heterocycles. The largest absolute Gasteiger partial charge is 0.441 e. The molecule has 0 bridgehead atoms. The smallest absolute Gasteiger partial charge is 0.416 e. The molecule has 2 aliphatic rings. The third-order valence-corrected chi connectivity index (χ3v) is 12.9. The summed E-state index contributed by atoms with van der Waals surface area (Å²) >= 11 is 0. The summed E-state index contributed by atoms with van der Waals surface area (Å²) in [6.07, 6.45) is -0.983. The van der Waals surface area contributed by atoms with E-state index in [1.54, 1.807) is 18.2 Å². The standard InChI is InChI=1S/C37H33F3N6O2Si/c1-45(2)25-13-16-28-31(20-25)49(5,6)32-21-26(46(3)4)14-17-29(32)36(28)30-19-22(7-15-27(30)35(47)48-36)8-18-33-41-43-34(44-42-33)23-9-11-24(12-10-23)37(38,39)40/h7-21H,1-6H3/b18-8+. The quantitative estimate of drug-likeness (QED) is 0.169. The molecule has 8 nitrogen and oxygen atoms in total. The summed E-state index contributed by atoms with van der Waals surface area (Å²) in [5, 5.41) is 18.8. The third-order valence-electron chi connectivity index (χ3n) is 9.42. The van der Waals surface area contributed by atoms with Crippen molar-refractivity contribution in [1.29, 1.82) is 0 Å². The SMILES string of the molecule is CN(C)c1ccc2c(c1)[Si](C)(C)c1cc(N(C)C)ccc1C21OC(=O)c2ccc(/C=C/c3nnc(-c4ccc(C(F)(F)F)cc4)nn3)cc21. The number of hydrogen-bond acceptors (Lipinski definition) is 8. The van der Waals surface area contributed by atoms with Crippen LogP contribution >= 0.6 is 0 Å². The van der Waals surface area contributed by atoms with Gasteiger partial charge in [-0.15, -0.1) is 20.4 Å². The number of rotatable bonds is 5. The zero-order chi connectivity index (χ0) is 34.9. The second-order valence-corrected chi connectivity index (χ2v) is 17.6. The van der Waals surface area contributed by atoms with Gasteiger partial charge in [0.2, 0.25) is 5.82 Å². The van der Waals surface area contributed by atoms with Crippen molar-refractivity contribution in [2.45, 2.75) is 24.9 Å². The highest BCUT2D eigenvalue weighted by Crippen LogP contribution is 2.49. The van der Waals surface area contributed by atoms with E-state index in [0.717, 1.165) is 45.8 Å². The van der Waals surface area contributed by atoms with Crippen molar-refractivity contribution in [2.24, 2.45) is 0 Å². The van der Waals surface area contributed by atoms with Gasteiger partial charge in [-0.05, 0) is 70.5 Å². The van der Waals surface area contributed by atoms with Crippen molar-refractivity contribution in [3.05, 3.63) is 118 Å². The van der Waals surface area contributed by atoms with Gasteiger partial charge >= 0.3 is 12.1 Å². The first-order valence-electron chi connectivity index (χ1n) is 15.7. The minimum atomic E-state index is -4.44. The molecule has 7 rings (SSSR count). The monoisotopic (exact) mass is 678 g/mol. The predicted octanol–water partition coefficient (Wildman–Crippen LogP) is 5.85. The highest BCUT2D eigenvalue weighted by Gasteiger charge is 2.56. The van der Waals surface area contributed by atoms with E-state index in [2.05, 4.69) is 79.7 Å². The Morgan fingerprint density at radius 1 is 0.714 bits per heavy atom. The number of alkyl halides is 3. The first-order chi connectivity index (χ1) is 23.2. The van der Waals surface area contributed by atoms with Gasteiger partial charge in [0.1, 0.15) is 8.07 Å². The molecule has 0 unspecified atom stereocenters. The molecule has 0 fully saturated rings. The number of aromatic nitrogens is 4. The maximum absolute atomic E-state index is 13.6. The first kappa shape index (κ1) is 32.2. The van der Waals surface area contributed by atoms with Crippen LogP contribution in [0.4, 0.5) is 24.5 Å². The Kier molecular flexibility index (Phi) is 7.47. The molecule has 5 aromatic rings. The normalized spacial score (nSPS) is 15.5. The van der Waals surface area contributed by atoms with Gasteiger partial charge in [0.25, 0.3) is 0 Å². The summed E-state index contributed by atoms with van der Waals surface area (Å²) in [6.45, 7) is 4.69. The topological polar surface area (TPSA) is 84.3 Å². The van der Waals surface area contributed by atoms with E-state index in [0.29, 0.717) is 11.1 Å². The fourth-order valence-electron chi connectivity index (χ4n) is 6.74. The first-order valence-corrected chi connectivity index (χ1v) is 18.7. The molecule has 2 aliphatic heterocycles. The number of carbonyl (C=O) groups is 1. The van der Waals surface area contributed by atoms with E-state index in [1.807, 2.05) is 40.3 Å². The summed E-state index contributed by atoms with van der Waals surface area (Å²) in [6, 6.07) is 23.0. The van der Waals surface area contributed by atoms with Crippen molar-refractivity contribution in [3.8, 4) is 11.4 Å². The molecule has 0 amide bonds. The minimum absolute atomic E-state index is 0.108. The zero-order valence-corrected chi connectivity index (χ0v) is 28.8. The van der Waals surface area contributed by atoms with E-state index < -0.39 is 25.4 Å². The molecule has 0 saturated heterocycles. The summed E-state index contributed by atoms with van der Waals surface area (Å²) in [5.74, 6) is -0.0588. The number of carbonyl (C=O) groups excluding carboxylic acids is 1. The van der Waals surface area contributed by atoms with Gasteiger partial charge in [0, 0.05) is 61.8 Å². The van der Waals surface area contributed by atoms with Crippen LogP contribution in [-0.4, -0.2) is 62.6 Å². The van der Waals surface area contributed by atoms with Crippen LogP contribution in [0.25, 0.3) is 23.5 Å². The maximum atomic E-state index is 13.6. The van der Waals surface area contributed by atoms with Gasteiger partial charge in [-0.25, -0.2) is 4.79 Å². The van der Waals surface area contributed by atoms with E-state index in [-0.39, 0.29) is 17.6 Å². The maximum Gasteiger partial charge on any atom is 0.416 e. The Hall–Kier alpha value is -5.36. The van der Waals surface area contributed by atoms with E-state index >= 15 is 0 Å². The lowest BCUT2D eigenvalue weighted by atomic mass is 9.78. The van der Waals surface area contributed by atoms with Gasteiger partial charge in [0.15, 0.2) is 11.4 Å². The van der Waals surface area contributed by atoms with Gasteiger partial charge in [-0.2, -0.15) is 13.2 Å². The average molecular weight is 679 g/mol. The molecule has 0 saturated carbocycles. The molecule has 49 heavy (non-hydrogen) atoms. The van der Waals surface area contributed by atoms with Gasteiger partial charge < -0.3 is 14.5 Å². The minimum Gasteiger partial charge on any atom is -0.441 e. The summed E-state index contributed by atoms with van der Waals surface area (Å²) in [5.41, 5.74) is 4.63. The van der Waals surface area contributed by atoms with Crippen LogP contribution in [0.2, 0.25) is 13.1 Å². The number of anilines is 2. The highest BCUT2D eigenvalue weighted by molar-refractivity contribution is 7.01. The second-order valence-electron chi connectivity index (χ2n) is 13.2. The van der Waals surface area contributed by atoms with Crippen LogP contribution in [0, 0.1) is 0 Å². The van der Waals surface area contributed by atoms with Crippen LogP contribution < -0.4 is 20.2 Å². The summed E-state index contributed by atoms with van der Waals surface area (Å²) in [7, 11) is 5.81. The molecule has 0 atom stereocenters. The number of esters is 1. The summed E-state index contributed by atoms with van der Waals surface area (Å²) in [4.78, 5) is 17.8. The average Bonchev–Trinajstić information content (AvgIpc) is 3.37. The number of nitrogens with zero attached hydrogens (tertiary/aromatic N) is 6. The molecule has 12 heteroatoms. The lowest BCUT2D eigenvalue weighted by Crippen LogP contribution is -2.63. The van der Waals surface area contributed by atoms with Crippen molar-refractivity contribution < 1.29 is 22.7 Å². The van der Waals surface area contributed by atoms with Crippen LogP contribution in [0.5, 0.6) is 0 Å². The van der Waals surface area contributed by atoms with Crippen molar-refractivity contribution in [2.75, 3.05) is 38.0 Å². The van der Waals surface area contributed by atoms with Gasteiger partial charge in [-0.3, -0.25) is 0 Å². The number of ether oxygens (including phenoxy) is 1. The van der Waals surface area contributed by atoms with Crippen LogP contribution in [0.1, 0.15) is 44.0 Å². The molecule has 0 aliphatic carbocycles. The fourth-order valence-corrected chi connectivity index (χ4v) is 9.91. The third kappa shape index (κ3) is 5.27. The number of fused-ring (bicyclic) bond motifs is 6. The number of benzene rings is 4. The van der Waals surface area contributed by atoms with Crippen molar-refractivity contribution in [3.63, 3.8) is 0 Å². The Labute approximate surface area is 282 Å². The molecule has 0 N–H and O–H groups in total. The lowest BCUT2D eigenvalue weighted by Gasteiger charge is -2.44. The van der Waals surface area contributed by atoms with E-state index in [1.165, 1.54) is 22.5 Å². The molecule has 1 spiro atoms. The Morgan fingerprint density at radius 2 is 1.29 bits per heavy atom. The second kappa shape index (κ2) is 11.4. The number of halogens is 3. The molecular formula is C37H33F3N6O2Si. The van der Waals surface area contributed by atoms with E-state index in [4.69, 9.17) is 4.74 Å². The number of hydrogen-bond donors (Lipinski definition) is 0. The highest BCUT2D eigenvalue weighted by atomic mass is 28.3. The van der Waals surface area contributed by atoms with Crippen LogP contribution in [0.15, 0.2) is 78.9 Å². The molecule has 4 aromatic carbocycles. The lowest BCUT2D eigenvalue weighted by molar-refractivity contribution is -0.137. The Bertz CT molecular complexity index is 2080. The Balaban J connectivity index is 1.30. The Morgan fingerprint density at radius 3 is 1.82 bits per heavy atom. The van der Waals surface area contributed by atoms with E-state index in [9.17, 15) is 18.0 Å². The zero-order valence-electron chi connectivity index (χ0n) is 27.8. The van der Waals surface area contributed by atoms with Gasteiger partial charge in [0.05, 0.1) is 11.1 Å². The van der Waals surface area contributed by atoms with Gasteiger partial charge in [-0.1, -0.05) is 49.5 Å². The van der Waals surface area contributed by atoms with Crippen LogP contribution in [-0.2, 0) is 16.5 Å². The molecule has 248 valence electrons.